The number of aromatic nitrogens is 1. The zero-order valence-corrected chi connectivity index (χ0v) is 12.9. The maximum Gasteiger partial charge on any atom is 0.194 e. The number of hydrogen-bond donors (Lipinski definition) is 1. The number of hydrogen-bond acceptors (Lipinski definition) is 5. The first-order chi connectivity index (χ1) is 9.63. The van der Waals surface area contributed by atoms with Gasteiger partial charge in [0, 0.05) is 6.42 Å². The standard InChI is InChI=1S/C14H24N2O3S/c1-2-8-15-9-5-7-14-16-11-12(19-14)13-6-3-4-10-20(13,17)18/h11,13,15H,2-10H2,1H3. The monoisotopic (exact) mass is 300 g/mol. The highest BCUT2D eigenvalue weighted by Gasteiger charge is 2.33. The van der Waals surface area contributed by atoms with Crippen molar-refractivity contribution >= 4 is 9.84 Å². The minimum absolute atomic E-state index is 0.272. The van der Waals surface area contributed by atoms with Crippen LogP contribution >= 0.6 is 0 Å². The third kappa shape index (κ3) is 4.06. The van der Waals surface area contributed by atoms with Crippen molar-refractivity contribution in [2.45, 2.75) is 50.7 Å². The Morgan fingerprint density at radius 2 is 2.25 bits per heavy atom. The Bertz CT molecular complexity index is 510. The first kappa shape index (κ1) is 15.5. The Hall–Kier alpha value is -0.880. The van der Waals surface area contributed by atoms with E-state index in [9.17, 15) is 8.42 Å². The van der Waals surface area contributed by atoms with Crippen molar-refractivity contribution in [3.05, 3.63) is 17.8 Å². The fourth-order valence-electron chi connectivity index (χ4n) is 2.53. The van der Waals surface area contributed by atoms with Crippen LogP contribution in [0.2, 0.25) is 0 Å². The summed E-state index contributed by atoms with van der Waals surface area (Å²) >= 11 is 0. The molecule has 1 atom stereocenters. The summed E-state index contributed by atoms with van der Waals surface area (Å²) in [6.45, 7) is 4.10. The first-order valence-electron chi connectivity index (χ1n) is 7.50. The number of nitrogens with zero attached hydrogens (tertiary/aromatic N) is 1. The van der Waals surface area contributed by atoms with E-state index in [-0.39, 0.29) is 5.75 Å². The van der Waals surface area contributed by atoms with Gasteiger partial charge in [0.15, 0.2) is 15.7 Å². The highest BCUT2D eigenvalue weighted by Crippen LogP contribution is 2.33. The molecule has 2 rings (SSSR count). The van der Waals surface area contributed by atoms with Crippen LogP contribution in [0.1, 0.15) is 55.9 Å². The third-order valence-corrected chi connectivity index (χ3v) is 5.83. The quantitative estimate of drug-likeness (QED) is 0.782. The molecule has 2 heterocycles. The summed E-state index contributed by atoms with van der Waals surface area (Å²) in [6.07, 6.45) is 6.81. The molecule has 5 nitrogen and oxygen atoms in total. The molecule has 0 spiro atoms. The topological polar surface area (TPSA) is 72.2 Å². The second-order valence-corrected chi connectivity index (χ2v) is 7.66. The molecule has 0 saturated carbocycles. The molecule has 1 unspecified atom stereocenters. The molecule has 20 heavy (non-hydrogen) atoms. The molecular weight excluding hydrogens is 276 g/mol. The number of oxazole rings is 1. The van der Waals surface area contributed by atoms with Crippen molar-refractivity contribution in [3.63, 3.8) is 0 Å². The van der Waals surface area contributed by atoms with Gasteiger partial charge >= 0.3 is 0 Å². The van der Waals surface area contributed by atoms with Crippen LogP contribution in [0.15, 0.2) is 10.6 Å². The molecular formula is C14H24N2O3S. The first-order valence-corrected chi connectivity index (χ1v) is 9.22. The summed E-state index contributed by atoms with van der Waals surface area (Å²) in [6, 6.07) is 0. The van der Waals surface area contributed by atoms with E-state index in [1.54, 1.807) is 6.20 Å². The Balaban J connectivity index is 1.88. The predicted octanol–water partition coefficient (Wildman–Crippen LogP) is 2.25. The van der Waals surface area contributed by atoms with Crippen LogP contribution in [-0.4, -0.2) is 32.2 Å². The fourth-order valence-corrected chi connectivity index (χ4v) is 4.41. The minimum atomic E-state index is -3.04. The van der Waals surface area contributed by atoms with Crippen LogP contribution < -0.4 is 5.32 Å². The second-order valence-electron chi connectivity index (χ2n) is 5.36. The van der Waals surface area contributed by atoms with Crippen molar-refractivity contribution < 1.29 is 12.8 Å². The Morgan fingerprint density at radius 3 is 3.00 bits per heavy atom. The van der Waals surface area contributed by atoms with Crippen molar-refractivity contribution in [2.75, 3.05) is 18.8 Å². The Labute approximate surface area is 121 Å². The van der Waals surface area contributed by atoms with Gasteiger partial charge in [-0.2, -0.15) is 0 Å². The zero-order valence-electron chi connectivity index (χ0n) is 12.1. The van der Waals surface area contributed by atoms with Crippen molar-refractivity contribution in [1.82, 2.24) is 10.3 Å². The van der Waals surface area contributed by atoms with Crippen LogP contribution in [-0.2, 0) is 16.3 Å². The number of aryl methyl sites for hydroxylation is 1. The van der Waals surface area contributed by atoms with Crippen molar-refractivity contribution in [3.8, 4) is 0 Å². The Morgan fingerprint density at radius 1 is 1.40 bits per heavy atom. The summed E-state index contributed by atoms with van der Waals surface area (Å²) in [5.41, 5.74) is 0. The summed E-state index contributed by atoms with van der Waals surface area (Å²) in [5, 5.41) is 2.85. The van der Waals surface area contributed by atoms with Crippen LogP contribution in [0.3, 0.4) is 0 Å². The van der Waals surface area contributed by atoms with Gasteiger partial charge in [0.05, 0.1) is 11.9 Å². The molecule has 1 N–H and O–H groups in total. The van der Waals surface area contributed by atoms with Gasteiger partial charge in [0.25, 0.3) is 0 Å². The van der Waals surface area contributed by atoms with E-state index in [1.807, 2.05) is 0 Å². The van der Waals surface area contributed by atoms with Crippen LogP contribution in [0.25, 0.3) is 0 Å². The van der Waals surface area contributed by atoms with E-state index >= 15 is 0 Å². The SMILES string of the molecule is CCCNCCCc1ncc(C2CCCCS2(=O)=O)o1. The van der Waals surface area contributed by atoms with Crippen LogP contribution in [0.5, 0.6) is 0 Å². The van der Waals surface area contributed by atoms with Gasteiger partial charge in [0.2, 0.25) is 0 Å². The molecule has 1 aliphatic heterocycles. The summed E-state index contributed by atoms with van der Waals surface area (Å²) in [4.78, 5) is 4.22. The highest BCUT2D eigenvalue weighted by atomic mass is 32.2. The smallest absolute Gasteiger partial charge is 0.194 e. The molecule has 1 aliphatic rings. The maximum absolute atomic E-state index is 12.0. The molecule has 0 radical (unpaired) electrons. The van der Waals surface area contributed by atoms with Gasteiger partial charge in [0.1, 0.15) is 11.0 Å². The largest absolute Gasteiger partial charge is 0.444 e. The van der Waals surface area contributed by atoms with Crippen molar-refractivity contribution in [1.29, 1.82) is 0 Å². The van der Waals surface area contributed by atoms with Crippen molar-refractivity contribution in [2.24, 2.45) is 0 Å². The number of rotatable bonds is 7. The van der Waals surface area contributed by atoms with E-state index in [2.05, 4.69) is 17.2 Å². The molecule has 1 aromatic rings. The zero-order chi connectivity index (χ0) is 14.4. The highest BCUT2D eigenvalue weighted by molar-refractivity contribution is 7.91. The van der Waals surface area contributed by atoms with Gasteiger partial charge in [-0.3, -0.25) is 0 Å². The lowest BCUT2D eigenvalue weighted by atomic mass is 10.1. The number of nitrogens with one attached hydrogen (secondary N) is 1. The molecule has 6 heteroatoms. The van der Waals surface area contributed by atoms with Gasteiger partial charge in [-0.25, -0.2) is 13.4 Å². The molecule has 1 aromatic heterocycles. The van der Waals surface area contributed by atoms with E-state index in [4.69, 9.17) is 4.42 Å². The lowest BCUT2D eigenvalue weighted by Crippen LogP contribution is -2.21. The fraction of sp³-hybridized carbons (Fsp3) is 0.786. The molecule has 0 amide bonds. The summed E-state index contributed by atoms with van der Waals surface area (Å²) < 4.78 is 29.7. The van der Waals surface area contributed by atoms with Gasteiger partial charge in [-0.15, -0.1) is 0 Å². The average molecular weight is 300 g/mol. The molecule has 0 bridgehead atoms. The maximum atomic E-state index is 12.0. The molecule has 0 aliphatic carbocycles. The van der Waals surface area contributed by atoms with Crippen LogP contribution in [0, 0.1) is 0 Å². The van der Waals surface area contributed by atoms with Gasteiger partial charge in [-0.05, 0) is 38.8 Å². The summed E-state index contributed by atoms with van der Waals surface area (Å²) in [5.74, 6) is 1.45. The average Bonchev–Trinajstić information content (AvgIpc) is 2.86. The molecule has 1 saturated heterocycles. The lowest BCUT2D eigenvalue weighted by molar-refractivity contribution is 0.424. The van der Waals surface area contributed by atoms with Crippen LogP contribution in [0.4, 0.5) is 0 Å². The van der Waals surface area contributed by atoms with E-state index in [1.165, 1.54) is 0 Å². The van der Waals surface area contributed by atoms with E-state index in [0.29, 0.717) is 18.1 Å². The van der Waals surface area contributed by atoms with Gasteiger partial charge < -0.3 is 9.73 Å². The summed E-state index contributed by atoms with van der Waals surface area (Å²) in [7, 11) is -3.04. The number of sulfone groups is 1. The lowest BCUT2D eigenvalue weighted by Gasteiger charge is -2.19. The minimum Gasteiger partial charge on any atom is -0.444 e. The Kier molecular flexibility index (Phi) is 5.60. The third-order valence-electron chi connectivity index (χ3n) is 3.64. The second kappa shape index (κ2) is 7.22. The molecule has 1 fully saturated rings. The van der Waals surface area contributed by atoms with E-state index in [0.717, 1.165) is 45.2 Å². The molecule has 114 valence electrons. The normalized spacial score (nSPS) is 21.9. The molecule has 0 aromatic carbocycles. The van der Waals surface area contributed by atoms with Gasteiger partial charge in [-0.1, -0.05) is 13.3 Å². The predicted molar refractivity (Wildman–Crippen MR) is 78.4 cm³/mol. The van der Waals surface area contributed by atoms with E-state index < -0.39 is 15.1 Å².